The lowest BCUT2D eigenvalue weighted by Gasteiger charge is -2.10. The van der Waals surface area contributed by atoms with E-state index in [1.54, 1.807) is 12.1 Å². The van der Waals surface area contributed by atoms with Crippen molar-refractivity contribution in [2.75, 3.05) is 5.73 Å². The fraction of sp³-hybridized carbons (Fsp3) is 0.0769. The number of nitrogen functional groups attached to an aromatic ring is 1. The Morgan fingerprint density at radius 3 is 2.45 bits per heavy atom. The highest BCUT2D eigenvalue weighted by Gasteiger charge is 2.22. The van der Waals surface area contributed by atoms with Crippen molar-refractivity contribution in [1.82, 2.24) is 0 Å². The van der Waals surface area contributed by atoms with Gasteiger partial charge in [0.2, 0.25) is 0 Å². The lowest BCUT2D eigenvalue weighted by atomic mass is 10.2. The largest absolute Gasteiger partial charge is 0.397 e. The zero-order valence-electron chi connectivity index (χ0n) is 10.4. The Morgan fingerprint density at radius 2 is 1.80 bits per heavy atom. The highest BCUT2D eigenvalue weighted by Crippen LogP contribution is 2.31. The molecule has 2 aromatic carbocycles. The zero-order valence-corrected chi connectivity index (χ0v) is 12.8. The molecule has 0 spiro atoms. The van der Waals surface area contributed by atoms with Crippen LogP contribution in [-0.2, 0) is 10.1 Å². The molecule has 2 N–H and O–H groups in total. The molecular weight excluding hydrogens is 321 g/mol. The van der Waals surface area contributed by atoms with E-state index in [9.17, 15) is 8.42 Å². The second kappa shape index (κ2) is 5.52. The van der Waals surface area contributed by atoms with Gasteiger partial charge in [0, 0.05) is 0 Å². The Bertz CT molecular complexity index is 760. The van der Waals surface area contributed by atoms with Crippen LogP contribution in [0.5, 0.6) is 5.75 Å². The Morgan fingerprint density at radius 1 is 1.10 bits per heavy atom. The van der Waals surface area contributed by atoms with Gasteiger partial charge < -0.3 is 9.92 Å². The maximum atomic E-state index is 12.2. The monoisotopic (exact) mass is 331 g/mol. The summed E-state index contributed by atoms with van der Waals surface area (Å²) in [7, 11) is -4.07. The second-order valence-electron chi connectivity index (χ2n) is 4.16. The van der Waals surface area contributed by atoms with Crippen LogP contribution in [0, 0.1) is 6.92 Å². The van der Waals surface area contributed by atoms with Crippen molar-refractivity contribution in [3.8, 4) is 5.75 Å². The van der Waals surface area contributed by atoms with E-state index in [0.717, 1.165) is 5.56 Å². The SMILES string of the molecule is Cc1cccc(OS(=O)(=O)c2cc(Cl)c(N)cc2Cl)c1. The van der Waals surface area contributed by atoms with Gasteiger partial charge in [0.05, 0.1) is 15.7 Å². The summed E-state index contributed by atoms with van der Waals surface area (Å²) in [5, 5.41) is 0.0559. The first-order valence-corrected chi connectivity index (χ1v) is 7.72. The summed E-state index contributed by atoms with van der Waals surface area (Å²) < 4.78 is 29.4. The molecule has 0 radical (unpaired) electrons. The van der Waals surface area contributed by atoms with Crippen molar-refractivity contribution in [3.63, 3.8) is 0 Å². The molecule has 0 atom stereocenters. The van der Waals surface area contributed by atoms with E-state index < -0.39 is 10.1 Å². The standard InChI is InChI=1S/C13H11Cl2NO3S/c1-8-3-2-4-9(5-8)19-20(17,18)13-7-10(14)12(16)6-11(13)15/h2-7H,16H2,1H3. The first-order valence-electron chi connectivity index (χ1n) is 5.55. The molecule has 20 heavy (non-hydrogen) atoms. The molecule has 0 bridgehead atoms. The average molecular weight is 332 g/mol. The molecule has 0 heterocycles. The quantitative estimate of drug-likeness (QED) is 0.688. The van der Waals surface area contributed by atoms with Crippen LogP contribution in [0.2, 0.25) is 10.0 Å². The fourth-order valence-electron chi connectivity index (χ4n) is 1.57. The van der Waals surface area contributed by atoms with Crippen molar-refractivity contribution >= 4 is 39.0 Å². The van der Waals surface area contributed by atoms with E-state index >= 15 is 0 Å². The summed E-state index contributed by atoms with van der Waals surface area (Å²) in [6.45, 7) is 1.83. The number of rotatable bonds is 3. The number of hydrogen-bond donors (Lipinski definition) is 1. The smallest absolute Gasteiger partial charge is 0.340 e. The number of anilines is 1. The minimum atomic E-state index is -4.07. The molecule has 0 aromatic heterocycles. The van der Waals surface area contributed by atoms with Gasteiger partial charge in [-0.2, -0.15) is 8.42 Å². The summed E-state index contributed by atoms with van der Waals surface area (Å²) in [5.74, 6) is 0.203. The van der Waals surface area contributed by atoms with E-state index in [2.05, 4.69) is 0 Å². The Labute approximate surface area is 127 Å². The van der Waals surface area contributed by atoms with Gasteiger partial charge >= 0.3 is 10.1 Å². The van der Waals surface area contributed by atoms with Crippen LogP contribution < -0.4 is 9.92 Å². The van der Waals surface area contributed by atoms with Crippen LogP contribution in [0.1, 0.15) is 5.56 Å². The van der Waals surface area contributed by atoms with Crippen molar-refractivity contribution in [3.05, 3.63) is 52.0 Å². The van der Waals surface area contributed by atoms with Crippen LogP contribution in [0.15, 0.2) is 41.3 Å². The molecule has 0 amide bonds. The highest BCUT2D eigenvalue weighted by atomic mass is 35.5. The van der Waals surface area contributed by atoms with Gasteiger partial charge in [-0.05, 0) is 36.8 Å². The highest BCUT2D eigenvalue weighted by molar-refractivity contribution is 7.87. The molecule has 0 unspecified atom stereocenters. The third-order valence-electron chi connectivity index (χ3n) is 2.52. The van der Waals surface area contributed by atoms with Crippen LogP contribution in [0.25, 0.3) is 0 Å². The third kappa shape index (κ3) is 3.17. The maximum Gasteiger partial charge on any atom is 0.340 e. The molecule has 0 aliphatic rings. The summed E-state index contributed by atoms with van der Waals surface area (Å²) >= 11 is 11.7. The van der Waals surface area contributed by atoms with Crippen LogP contribution in [0.4, 0.5) is 5.69 Å². The number of nitrogens with two attached hydrogens (primary N) is 1. The van der Waals surface area contributed by atoms with Crippen LogP contribution >= 0.6 is 23.2 Å². The van der Waals surface area contributed by atoms with Gasteiger partial charge in [0.1, 0.15) is 10.6 Å². The predicted octanol–water partition coefficient (Wildman–Crippen LogP) is 3.65. The molecule has 0 aliphatic carbocycles. The van der Waals surface area contributed by atoms with Gasteiger partial charge in [-0.25, -0.2) is 0 Å². The van der Waals surface area contributed by atoms with Gasteiger partial charge in [0.25, 0.3) is 0 Å². The van der Waals surface area contributed by atoms with Crippen LogP contribution in [-0.4, -0.2) is 8.42 Å². The summed E-state index contributed by atoms with van der Waals surface area (Å²) in [6, 6.07) is 9.10. The van der Waals surface area contributed by atoms with E-state index in [1.807, 2.05) is 13.0 Å². The van der Waals surface area contributed by atoms with E-state index in [4.69, 9.17) is 33.1 Å². The van der Waals surface area contributed by atoms with E-state index in [-0.39, 0.29) is 26.4 Å². The van der Waals surface area contributed by atoms with Gasteiger partial charge in [-0.15, -0.1) is 0 Å². The third-order valence-corrected chi connectivity index (χ3v) is 4.56. The van der Waals surface area contributed by atoms with Gasteiger partial charge in [-0.1, -0.05) is 35.3 Å². The minimum absolute atomic E-state index is 0.0421. The fourth-order valence-corrected chi connectivity index (χ4v) is 3.26. The Kier molecular flexibility index (Phi) is 4.13. The number of aryl methyl sites for hydroxylation is 1. The summed E-state index contributed by atoms with van der Waals surface area (Å²) in [4.78, 5) is -0.222. The molecule has 7 heteroatoms. The number of benzene rings is 2. The van der Waals surface area contributed by atoms with Crippen molar-refractivity contribution in [1.29, 1.82) is 0 Å². The van der Waals surface area contributed by atoms with Gasteiger partial charge in [-0.3, -0.25) is 0 Å². The van der Waals surface area contributed by atoms with Crippen molar-refractivity contribution < 1.29 is 12.6 Å². The first-order chi connectivity index (χ1) is 9.29. The van der Waals surface area contributed by atoms with Crippen molar-refractivity contribution in [2.24, 2.45) is 0 Å². The molecule has 0 saturated heterocycles. The second-order valence-corrected chi connectivity index (χ2v) is 6.49. The van der Waals surface area contributed by atoms with E-state index in [0.29, 0.717) is 0 Å². The predicted molar refractivity (Wildman–Crippen MR) is 79.9 cm³/mol. The lowest BCUT2D eigenvalue weighted by Crippen LogP contribution is -2.11. The lowest BCUT2D eigenvalue weighted by molar-refractivity contribution is 0.486. The first kappa shape index (κ1) is 15.0. The molecule has 2 aromatic rings. The summed E-state index contributed by atoms with van der Waals surface area (Å²) in [6.07, 6.45) is 0. The Hall–Kier alpha value is -1.43. The molecule has 4 nitrogen and oxygen atoms in total. The molecular formula is C13H11Cl2NO3S. The average Bonchev–Trinajstić information content (AvgIpc) is 2.33. The molecule has 0 aliphatic heterocycles. The minimum Gasteiger partial charge on any atom is -0.397 e. The van der Waals surface area contributed by atoms with Crippen molar-refractivity contribution in [2.45, 2.75) is 11.8 Å². The number of halogens is 2. The van der Waals surface area contributed by atoms with Gasteiger partial charge in [0.15, 0.2) is 0 Å². The Balaban J connectivity index is 2.43. The molecule has 106 valence electrons. The molecule has 0 fully saturated rings. The summed E-state index contributed by atoms with van der Waals surface area (Å²) in [5.41, 5.74) is 6.63. The van der Waals surface area contributed by atoms with Crippen LogP contribution in [0.3, 0.4) is 0 Å². The molecule has 2 rings (SSSR count). The topological polar surface area (TPSA) is 69.4 Å². The number of hydrogen-bond acceptors (Lipinski definition) is 4. The molecule has 0 saturated carbocycles. The zero-order chi connectivity index (χ0) is 14.9. The maximum absolute atomic E-state index is 12.2. The van der Waals surface area contributed by atoms with E-state index in [1.165, 1.54) is 18.2 Å². The normalized spacial score (nSPS) is 11.3.